The monoisotopic (exact) mass is 897 g/mol. The Bertz CT molecular complexity index is 1440. The van der Waals surface area contributed by atoms with Crippen molar-refractivity contribution in [3.05, 3.63) is 47.5 Å². The van der Waals surface area contributed by atoms with E-state index in [1.165, 1.54) is 23.5 Å². The molecular formula is C30H38N8O4PtS4. The van der Waals surface area contributed by atoms with Gasteiger partial charge in [0.15, 0.2) is 11.4 Å². The van der Waals surface area contributed by atoms with Gasteiger partial charge in [-0.05, 0) is 85.9 Å². The zero-order valence-electron chi connectivity index (χ0n) is 27.5. The number of rotatable bonds is 10. The quantitative estimate of drug-likeness (QED) is 0.153. The van der Waals surface area contributed by atoms with Gasteiger partial charge in [-0.2, -0.15) is 10.2 Å². The number of carbonyl (C=O) groups is 2. The van der Waals surface area contributed by atoms with Gasteiger partial charge in [-0.3, -0.25) is 9.59 Å². The number of ether oxygens (including phenoxy) is 2. The van der Waals surface area contributed by atoms with E-state index in [2.05, 4.69) is 20.4 Å². The normalized spacial score (nSPS) is 16.0. The summed E-state index contributed by atoms with van der Waals surface area (Å²) in [5, 5.41) is 16.1. The predicted molar refractivity (Wildman–Crippen MR) is 198 cm³/mol. The second kappa shape index (κ2) is 19.4. The number of carbonyl (C=O) groups excluding carboxylic acids is 2. The number of likely N-dealkylation sites (N-methyl/N-ethyl adjacent to an activating group) is 2. The molecule has 47 heavy (non-hydrogen) atoms. The van der Waals surface area contributed by atoms with Crippen molar-refractivity contribution >= 4 is 92.1 Å². The largest absolute Gasteiger partial charge is 2.00 e. The van der Waals surface area contributed by atoms with Gasteiger partial charge in [0, 0.05) is 37.3 Å². The fraction of sp³-hybridized carbons (Fsp3) is 0.400. The van der Waals surface area contributed by atoms with E-state index in [4.69, 9.17) is 34.7 Å². The van der Waals surface area contributed by atoms with Gasteiger partial charge in [-0.25, -0.2) is 0 Å². The number of fused-ring (bicyclic) bond motifs is 2. The number of hydrogen-bond donors (Lipinski definition) is 0. The summed E-state index contributed by atoms with van der Waals surface area (Å²) >= 11 is 12.7. The van der Waals surface area contributed by atoms with Crippen LogP contribution in [0.25, 0.3) is 0 Å². The zero-order valence-corrected chi connectivity index (χ0v) is 33.0. The molecule has 2 amide bonds. The van der Waals surface area contributed by atoms with E-state index in [1.807, 2.05) is 74.8 Å². The number of anilines is 2. The fourth-order valence-electron chi connectivity index (χ4n) is 4.34. The number of nitrogens with zero attached hydrogens (tertiary/aromatic N) is 8. The first-order valence-corrected chi connectivity index (χ1v) is 17.3. The van der Waals surface area contributed by atoms with Crippen LogP contribution in [-0.4, -0.2) is 123 Å². The van der Waals surface area contributed by atoms with Crippen LogP contribution in [0.3, 0.4) is 0 Å². The Kier molecular flexibility index (Phi) is 16.8. The Morgan fingerprint density at radius 2 is 1.09 bits per heavy atom. The molecule has 0 saturated carbocycles. The molecule has 2 aromatic carbocycles. The van der Waals surface area contributed by atoms with Gasteiger partial charge in [0.2, 0.25) is 0 Å². The average Bonchev–Trinajstić information content (AvgIpc) is 3.47. The van der Waals surface area contributed by atoms with Crippen molar-refractivity contribution in [3.63, 3.8) is 0 Å². The third-order valence-corrected chi connectivity index (χ3v) is 8.77. The molecule has 0 unspecified atom stereocenters. The number of hydrogen-bond acceptors (Lipinski definition) is 14. The van der Waals surface area contributed by atoms with Crippen LogP contribution < -0.4 is 19.3 Å². The number of amides is 2. The van der Waals surface area contributed by atoms with Crippen LogP contribution in [-0.2, 0) is 55.9 Å². The van der Waals surface area contributed by atoms with Crippen LogP contribution in [0.15, 0.2) is 56.8 Å². The van der Waals surface area contributed by atoms with Crippen LogP contribution in [0.1, 0.15) is 11.1 Å². The minimum absolute atomic E-state index is 0. The molecule has 2 aliphatic heterocycles. The molecule has 0 N–H and O–H groups in total. The average molecular weight is 898 g/mol. The Balaban J connectivity index is 0.000000320. The summed E-state index contributed by atoms with van der Waals surface area (Å²) in [5.74, 6) is 1.02. The second-order valence-electron chi connectivity index (χ2n) is 10.3. The topological polar surface area (TPSA) is 115 Å². The molecule has 2 aliphatic rings. The fourth-order valence-corrected chi connectivity index (χ4v) is 4.67. The van der Waals surface area contributed by atoms with Crippen molar-refractivity contribution in [1.82, 2.24) is 9.80 Å². The first kappa shape index (κ1) is 40.6. The number of methoxy groups -OCH3 is 2. The summed E-state index contributed by atoms with van der Waals surface area (Å²) in [6, 6.07) is 11.0. The molecule has 0 saturated heterocycles. The summed E-state index contributed by atoms with van der Waals surface area (Å²) in [6.45, 7) is 2.67. The Morgan fingerprint density at radius 1 is 0.723 bits per heavy atom. The Hall–Kier alpha value is -2.59. The van der Waals surface area contributed by atoms with Crippen LogP contribution in [0.2, 0.25) is 0 Å². The summed E-state index contributed by atoms with van der Waals surface area (Å²) in [6.07, 6.45) is 3.64. The minimum atomic E-state index is -0.164. The summed E-state index contributed by atoms with van der Waals surface area (Å²) in [5.41, 5.74) is 3.69. The van der Waals surface area contributed by atoms with Gasteiger partial charge < -0.3 is 54.3 Å². The molecule has 4 rings (SSSR count). The maximum Gasteiger partial charge on any atom is 2.00 e. The van der Waals surface area contributed by atoms with Gasteiger partial charge in [0.1, 0.15) is 11.5 Å². The molecule has 12 nitrogen and oxygen atoms in total. The van der Waals surface area contributed by atoms with E-state index >= 15 is 0 Å². The summed E-state index contributed by atoms with van der Waals surface area (Å²) in [4.78, 5) is 32.9. The second-order valence-corrected chi connectivity index (χ2v) is 13.2. The number of thioether (sulfide) groups is 2. The van der Waals surface area contributed by atoms with E-state index in [1.54, 1.807) is 36.2 Å². The van der Waals surface area contributed by atoms with Crippen molar-refractivity contribution in [3.8, 4) is 11.5 Å². The van der Waals surface area contributed by atoms with E-state index in [9.17, 15) is 9.59 Å². The first-order valence-electron chi connectivity index (χ1n) is 14.0. The Morgan fingerprint density at radius 3 is 1.38 bits per heavy atom. The van der Waals surface area contributed by atoms with Crippen molar-refractivity contribution in [2.24, 2.45) is 20.4 Å². The van der Waals surface area contributed by atoms with Gasteiger partial charge in [-0.1, -0.05) is 0 Å². The summed E-state index contributed by atoms with van der Waals surface area (Å²) < 4.78 is 11.3. The molecule has 2 aromatic rings. The molecule has 0 aromatic heterocycles. The molecule has 0 radical (unpaired) electrons. The Labute approximate surface area is 310 Å². The van der Waals surface area contributed by atoms with E-state index in [0.29, 0.717) is 44.8 Å². The van der Waals surface area contributed by atoms with Crippen molar-refractivity contribution < 1.29 is 40.1 Å². The summed E-state index contributed by atoms with van der Waals surface area (Å²) in [7, 11) is 11.1. The van der Waals surface area contributed by atoms with Crippen LogP contribution in [0.4, 0.5) is 11.4 Å². The third-order valence-electron chi connectivity index (χ3n) is 6.75. The van der Waals surface area contributed by atoms with Gasteiger partial charge in [-0.15, -0.1) is 33.7 Å². The molecule has 0 fully saturated rings. The minimum Gasteiger partial charge on any atom is -0.752 e. The van der Waals surface area contributed by atoms with Crippen LogP contribution >= 0.6 is 23.5 Å². The van der Waals surface area contributed by atoms with Crippen LogP contribution in [0.5, 0.6) is 11.5 Å². The molecule has 0 spiro atoms. The zero-order chi connectivity index (χ0) is 34.0. The SMILES string of the molecule is COc1ccc2c(c1)/C(=N\N=C(/[S-])SC)C(=O)N2CCN(C)C.COc1ccc2c(c1)/C(=N\N=C(/[S-])SC)C(=O)N2CCN(C)C.[Pt+2]. The first-order chi connectivity index (χ1) is 21.9. The molecule has 2 heterocycles. The molecule has 0 aliphatic carbocycles. The molecular weight excluding hydrogens is 860 g/mol. The predicted octanol–water partition coefficient (Wildman–Crippen LogP) is 3.14. The molecule has 0 bridgehead atoms. The van der Waals surface area contributed by atoms with Crippen molar-refractivity contribution in [2.45, 2.75) is 0 Å². The van der Waals surface area contributed by atoms with Gasteiger partial charge >= 0.3 is 21.1 Å². The van der Waals surface area contributed by atoms with Gasteiger partial charge in [0.05, 0.1) is 25.6 Å². The van der Waals surface area contributed by atoms with Gasteiger partial charge in [0.25, 0.3) is 11.8 Å². The van der Waals surface area contributed by atoms with Crippen molar-refractivity contribution in [2.75, 3.05) is 90.9 Å². The molecule has 17 heteroatoms. The maximum absolute atomic E-state index is 12.7. The molecule has 0 atom stereocenters. The van der Waals surface area contributed by atoms with E-state index < -0.39 is 0 Å². The van der Waals surface area contributed by atoms with Crippen LogP contribution in [0, 0.1) is 0 Å². The van der Waals surface area contributed by atoms with E-state index in [0.717, 1.165) is 35.6 Å². The molecule has 256 valence electrons. The smallest absolute Gasteiger partial charge is 0.752 e. The standard InChI is InChI=1S/2C15H20N4O2S2.Pt/c2*1-18(2)7-8-19-12-6-5-10(21-3)9-11(12)13(14(19)20)16-17-15(22)23-4;/h2*5-6,9H,7-8H2,1-4H3,(H,17,22);/q;;+2/p-2/b2*16-13+;. The van der Waals surface area contributed by atoms with Crippen molar-refractivity contribution in [1.29, 1.82) is 0 Å². The van der Waals surface area contributed by atoms with E-state index in [-0.39, 0.29) is 32.9 Å². The number of benzene rings is 2. The maximum atomic E-state index is 12.7. The third kappa shape index (κ3) is 10.7.